The van der Waals surface area contributed by atoms with E-state index in [1.807, 2.05) is 37.3 Å². The molecule has 2 nitrogen and oxygen atoms in total. The van der Waals surface area contributed by atoms with Crippen LogP contribution in [0.3, 0.4) is 0 Å². The summed E-state index contributed by atoms with van der Waals surface area (Å²) >= 11 is 0. The number of rotatable bonds is 0. The molecule has 2 aromatic rings. The zero-order valence-electron chi connectivity index (χ0n) is 10.5. The molecule has 0 radical (unpaired) electrons. The summed E-state index contributed by atoms with van der Waals surface area (Å²) in [5, 5.41) is 0. The molecule has 0 bridgehead atoms. The first kappa shape index (κ1) is 13.5. The number of hydrogen-bond donors (Lipinski definition) is 0. The first-order valence-corrected chi connectivity index (χ1v) is 5.53. The van der Waals surface area contributed by atoms with Crippen molar-refractivity contribution in [3.8, 4) is 23.7 Å². The van der Waals surface area contributed by atoms with Gasteiger partial charge in [0.05, 0.1) is 0 Å². The van der Waals surface area contributed by atoms with Crippen LogP contribution in [0.2, 0.25) is 0 Å². The lowest BCUT2D eigenvalue weighted by Gasteiger charge is -1.82. The molecule has 0 aliphatic heterocycles. The molecule has 2 heteroatoms. The van der Waals surface area contributed by atoms with Gasteiger partial charge < -0.3 is 0 Å². The maximum absolute atomic E-state index is 3.99. The van der Waals surface area contributed by atoms with Crippen LogP contribution in [0.5, 0.6) is 0 Å². The molecule has 0 N–H and O–H groups in total. The zero-order chi connectivity index (χ0) is 13.1. The summed E-state index contributed by atoms with van der Waals surface area (Å²) in [6.45, 7) is 3.61. The van der Waals surface area contributed by atoms with Gasteiger partial charge in [-0.2, -0.15) is 0 Å². The van der Waals surface area contributed by atoms with Gasteiger partial charge in [-0.3, -0.25) is 4.98 Å². The minimum Gasteiger partial charge on any atom is -0.263 e. The molecule has 0 aliphatic carbocycles. The van der Waals surface area contributed by atoms with Gasteiger partial charge in [0.15, 0.2) is 0 Å². The van der Waals surface area contributed by atoms with E-state index in [1.165, 1.54) is 0 Å². The highest BCUT2D eigenvalue weighted by Crippen LogP contribution is 1.90. The average Bonchev–Trinajstić information content (AvgIpc) is 2.43. The highest BCUT2D eigenvalue weighted by atomic mass is 14.6. The predicted molar refractivity (Wildman–Crippen MR) is 73.6 cm³/mol. The molecule has 0 aliphatic rings. The molecule has 2 heterocycles. The highest BCUT2D eigenvalue weighted by Gasteiger charge is 1.79. The van der Waals surface area contributed by atoms with Crippen molar-refractivity contribution in [1.29, 1.82) is 0 Å². The van der Waals surface area contributed by atoms with Crippen LogP contribution in [0.1, 0.15) is 25.1 Å². The third kappa shape index (κ3) is 5.49. The van der Waals surface area contributed by atoms with Crippen molar-refractivity contribution in [1.82, 2.24) is 9.97 Å². The van der Waals surface area contributed by atoms with Crippen molar-refractivity contribution in [2.45, 2.75) is 13.8 Å². The standard InChI is InChI=1S/2C8H7N/c1-2-5-8-6-3-4-7-9-8;1-2-4-8-5-3-6-9-7-8/h3-4,6-7H,1H3;3,5-7H,1H3. The van der Waals surface area contributed by atoms with E-state index < -0.39 is 0 Å². The van der Waals surface area contributed by atoms with E-state index in [2.05, 4.69) is 33.6 Å². The Hall–Kier alpha value is -2.58. The van der Waals surface area contributed by atoms with Crippen LogP contribution in [0.25, 0.3) is 0 Å². The fourth-order valence-electron chi connectivity index (χ4n) is 1.15. The Balaban J connectivity index is 0.000000180. The van der Waals surface area contributed by atoms with Gasteiger partial charge in [0, 0.05) is 24.2 Å². The van der Waals surface area contributed by atoms with Crippen LogP contribution in [0.4, 0.5) is 0 Å². The Morgan fingerprint density at radius 3 is 2.28 bits per heavy atom. The third-order valence-corrected chi connectivity index (χ3v) is 1.85. The zero-order valence-corrected chi connectivity index (χ0v) is 10.5. The second-order valence-corrected chi connectivity index (χ2v) is 3.21. The van der Waals surface area contributed by atoms with Crippen molar-refractivity contribution in [2.24, 2.45) is 0 Å². The van der Waals surface area contributed by atoms with Crippen molar-refractivity contribution >= 4 is 0 Å². The average molecular weight is 234 g/mol. The Morgan fingerprint density at radius 2 is 1.72 bits per heavy atom. The highest BCUT2D eigenvalue weighted by molar-refractivity contribution is 5.30. The second-order valence-electron chi connectivity index (χ2n) is 3.21. The fraction of sp³-hybridized carbons (Fsp3) is 0.125. The van der Waals surface area contributed by atoms with Crippen molar-refractivity contribution in [3.63, 3.8) is 0 Å². The van der Waals surface area contributed by atoms with Crippen LogP contribution < -0.4 is 0 Å². The molecule has 18 heavy (non-hydrogen) atoms. The number of aromatic nitrogens is 2. The van der Waals surface area contributed by atoms with Gasteiger partial charge in [-0.25, -0.2) is 4.98 Å². The lowest BCUT2D eigenvalue weighted by Crippen LogP contribution is -1.76. The third-order valence-electron chi connectivity index (χ3n) is 1.85. The topological polar surface area (TPSA) is 25.8 Å². The lowest BCUT2D eigenvalue weighted by atomic mass is 10.3. The quantitative estimate of drug-likeness (QED) is 0.655. The van der Waals surface area contributed by atoms with Gasteiger partial charge in [0.25, 0.3) is 0 Å². The first-order valence-electron chi connectivity index (χ1n) is 5.53. The Morgan fingerprint density at radius 1 is 0.889 bits per heavy atom. The molecule has 0 unspecified atom stereocenters. The molecule has 2 rings (SSSR count). The minimum absolute atomic E-state index is 0.833. The first-order chi connectivity index (χ1) is 8.86. The van der Waals surface area contributed by atoms with Crippen molar-refractivity contribution in [2.75, 3.05) is 0 Å². The van der Waals surface area contributed by atoms with Crippen LogP contribution in [0.15, 0.2) is 48.9 Å². The molecule has 88 valence electrons. The fourth-order valence-corrected chi connectivity index (χ4v) is 1.15. The Labute approximate surface area is 108 Å². The maximum atomic E-state index is 3.99. The molecule has 0 saturated carbocycles. The number of hydrogen-bond acceptors (Lipinski definition) is 2. The predicted octanol–water partition coefficient (Wildman–Crippen LogP) is 2.91. The molecule has 2 aromatic heterocycles. The van der Waals surface area contributed by atoms with E-state index in [0.29, 0.717) is 0 Å². The molecule has 0 spiro atoms. The van der Waals surface area contributed by atoms with E-state index in [0.717, 1.165) is 11.3 Å². The van der Waals surface area contributed by atoms with Gasteiger partial charge in [-0.1, -0.05) is 17.9 Å². The molecule has 0 aromatic carbocycles. The second kappa shape index (κ2) is 8.56. The van der Waals surface area contributed by atoms with Crippen LogP contribution in [0, 0.1) is 23.7 Å². The molecule has 0 amide bonds. The van der Waals surface area contributed by atoms with E-state index in [9.17, 15) is 0 Å². The largest absolute Gasteiger partial charge is 0.263 e. The summed E-state index contributed by atoms with van der Waals surface area (Å²) in [4.78, 5) is 7.90. The summed E-state index contributed by atoms with van der Waals surface area (Å²) in [6, 6.07) is 9.49. The molecule has 0 saturated heterocycles. The summed E-state index contributed by atoms with van der Waals surface area (Å²) < 4.78 is 0. The van der Waals surface area contributed by atoms with Gasteiger partial charge in [0.2, 0.25) is 0 Å². The Kier molecular flexibility index (Phi) is 6.41. The van der Waals surface area contributed by atoms with Crippen LogP contribution in [-0.4, -0.2) is 9.97 Å². The van der Waals surface area contributed by atoms with Gasteiger partial charge in [0.1, 0.15) is 5.69 Å². The maximum Gasteiger partial charge on any atom is 0.113 e. The van der Waals surface area contributed by atoms with Crippen molar-refractivity contribution in [3.05, 3.63) is 60.2 Å². The SMILES string of the molecule is CC#Cc1ccccn1.CC#Cc1cccnc1. The monoisotopic (exact) mass is 234 g/mol. The summed E-state index contributed by atoms with van der Waals surface area (Å²) in [5.41, 5.74) is 1.81. The van der Waals surface area contributed by atoms with Crippen molar-refractivity contribution < 1.29 is 0 Å². The Bertz CT molecular complexity index is 511. The molecular weight excluding hydrogens is 220 g/mol. The van der Waals surface area contributed by atoms with E-state index in [1.54, 1.807) is 25.5 Å². The molecule has 0 atom stereocenters. The van der Waals surface area contributed by atoms with Crippen LogP contribution in [-0.2, 0) is 0 Å². The minimum atomic E-state index is 0.833. The van der Waals surface area contributed by atoms with Gasteiger partial charge in [-0.05, 0) is 44.0 Å². The summed E-state index contributed by atoms with van der Waals surface area (Å²) in [6.07, 6.45) is 5.22. The summed E-state index contributed by atoms with van der Waals surface area (Å²) in [5.74, 6) is 11.3. The van der Waals surface area contributed by atoms with Crippen LogP contribution >= 0.6 is 0 Å². The number of nitrogens with zero attached hydrogens (tertiary/aromatic N) is 2. The molecular formula is C16H14N2. The number of pyridine rings is 2. The van der Waals surface area contributed by atoms with Gasteiger partial charge in [-0.15, -0.1) is 5.92 Å². The normalized spacial score (nSPS) is 7.67. The van der Waals surface area contributed by atoms with E-state index in [-0.39, 0.29) is 0 Å². The van der Waals surface area contributed by atoms with E-state index >= 15 is 0 Å². The summed E-state index contributed by atoms with van der Waals surface area (Å²) in [7, 11) is 0. The molecule has 0 fully saturated rings. The van der Waals surface area contributed by atoms with Gasteiger partial charge >= 0.3 is 0 Å². The lowest BCUT2D eigenvalue weighted by molar-refractivity contribution is 1.29. The smallest absolute Gasteiger partial charge is 0.113 e. The van der Waals surface area contributed by atoms with E-state index in [4.69, 9.17) is 0 Å².